The van der Waals surface area contributed by atoms with E-state index >= 15 is 0 Å². The second kappa shape index (κ2) is 6.21. The molecule has 0 amide bonds. The molecule has 18 heavy (non-hydrogen) atoms. The van der Waals surface area contributed by atoms with Gasteiger partial charge < -0.3 is 10.1 Å². The third kappa shape index (κ3) is 3.34. The molecule has 0 spiro atoms. The van der Waals surface area contributed by atoms with E-state index in [1.165, 1.54) is 5.56 Å². The van der Waals surface area contributed by atoms with Crippen molar-refractivity contribution in [2.45, 2.75) is 19.5 Å². The third-order valence-corrected chi connectivity index (χ3v) is 2.94. The van der Waals surface area contributed by atoms with E-state index in [0.717, 1.165) is 18.8 Å². The van der Waals surface area contributed by atoms with Gasteiger partial charge in [0.25, 0.3) is 0 Å². The molecular weight excluding hydrogens is 226 g/mol. The van der Waals surface area contributed by atoms with Gasteiger partial charge >= 0.3 is 0 Å². The highest BCUT2D eigenvalue weighted by atomic mass is 16.5. The van der Waals surface area contributed by atoms with Crippen LogP contribution in [0.5, 0.6) is 5.75 Å². The standard InChI is InChI=1S/C14H19N3O/c1-12(13-5-3-6-14(11-13)18-2)15-8-10-17-9-4-7-16-17/h3-7,9,11-12,15H,8,10H2,1-2H3/t12-/m0/s1. The molecule has 1 heterocycles. The summed E-state index contributed by atoms with van der Waals surface area (Å²) >= 11 is 0. The van der Waals surface area contributed by atoms with Crippen molar-refractivity contribution in [2.24, 2.45) is 0 Å². The van der Waals surface area contributed by atoms with Gasteiger partial charge in [0.15, 0.2) is 0 Å². The molecule has 1 aromatic carbocycles. The highest BCUT2D eigenvalue weighted by molar-refractivity contribution is 5.30. The number of hydrogen-bond acceptors (Lipinski definition) is 3. The van der Waals surface area contributed by atoms with E-state index in [9.17, 15) is 0 Å². The second-order valence-electron chi connectivity index (χ2n) is 4.22. The van der Waals surface area contributed by atoms with Crippen molar-refractivity contribution in [3.63, 3.8) is 0 Å². The number of rotatable bonds is 6. The van der Waals surface area contributed by atoms with Crippen molar-refractivity contribution in [3.8, 4) is 5.75 Å². The lowest BCUT2D eigenvalue weighted by Crippen LogP contribution is -2.23. The molecule has 4 heteroatoms. The van der Waals surface area contributed by atoms with Crippen LogP contribution >= 0.6 is 0 Å². The fourth-order valence-electron chi connectivity index (χ4n) is 1.86. The van der Waals surface area contributed by atoms with E-state index in [1.54, 1.807) is 13.3 Å². The maximum atomic E-state index is 5.23. The first kappa shape index (κ1) is 12.6. The Morgan fingerprint density at radius 1 is 1.39 bits per heavy atom. The number of ether oxygens (including phenoxy) is 1. The van der Waals surface area contributed by atoms with Gasteiger partial charge in [-0.05, 0) is 30.7 Å². The zero-order chi connectivity index (χ0) is 12.8. The molecule has 0 bridgehead atoms. The van der Waals surface area contributed by atoms with Crippen molar-refractivity contribution >= 4 is 0 Å². The summed E-state index contributed by atoms with van der Waals surface area (Å²) in [6.07, 6.45) is 3.77. The summed E-state index contributed by atoms with van der Waals surface area (Å²) < 4.78 is 7.15. The van der Waals surface area contributed by atoms with Gasteiger partial charge in [-0.1, -0.05) is 12.1 Å². The number of nitrogens with zero attached hydrogens (tertiary/aromatic N) is 2. The average molecular weight is 245 g/mol. The third-order valence-electron chi connectivity index (χ3n) is 2.94. The number of nitrogens with one attached hydrogen (secondary N) is 1. The normalized spacial score (nSPS) is 12.3. The predicted octanol–water partition coefficient (Wildman–Crippen LogP) is 2.24. The summed E-state index contributed by atoms with van der Waals surface area (Å²) in [5, 5.41) is 7.64. The minimum atomic E-state index is 0.302. The van der Waals surface area contributed by atoms with Gasteiger partial charge in [0.05, 0.1) is 13.7 Å². The molecule has 2 rings (SSSR count). The van der Waals surface area contributed by atoms with E-state index in [2.05, 4.69) is 29.5 Å². The Labute approximate surface area is 108 Å². The van der Waals surface area contributed by atoms with E-state index in [1.807, 2.05) is 29.1 Å². The summed E-state index contributed by atoms with van der Waals surface area (Å²) in [6, 6.07) is 10.4. The number of hydrogen-bond donors (Lipinski definition) is 1. The lowest BCUT2D eigenvalue weighted by Gasteiger charge is -2.15. The molecule has 96 valence electrons. The highest BCUT2D eigenvalue weighted by Gasteiger charge is 2.05. The Hall–Kier alpha value is -1.81. The molecular formula is C14H19N3O. The van der Waals surface area contributed by atoms with Crippen LogP contribution in [0.4, 0.5) is 0 Å². The molecule has 0 radical (unpaired) electrons. The Morgan fingerprint density at radius 2 is 2.28 bits per heavy atom. The monoisotopic (exact) mass is 245 g/mol. The Balaban J connectivity index is 1.85. The van der Waals surface area contributed by atoms with Gasteiger partial charge in [-0.25, -0.2) is 0 Å². The maximum Gasteiger partial charge on any atom is 0.119 e. The summed E-state index contributed by atoms with van der Waals surface area (Å²) in [4.78, 5) is 0. The molecule has 0 saturated carbocycles. The number of aromatic nitrogens is 2. The van der Waals surface area contributed by atoms with Crippen LogP contribution in [0.15, 0.2) is 42.7 Å². The first-order valence-corrected chi connectivity index (χ1v) is 6.14. The van der Waals surface area contributed by atoms with Gasteiger partial charge in [0.2, 0.25) is 0 Å². The van der Waals surface area contributed by atoms with Crippen LogP contribution in [-0.4, -0.2) is 23.4 Å². The fraction of sp³-hybridized carbons (Fsp3) is 0.357. The first-order valence-electron chi connectivity index (χ1n) is 6.14. The minimum Gasteiger partial charge on any atom is -0.497 e. The topological polar surface area (TPSA) is 39.1 Å². The van der Waals surface area contributed by atoms with Gasteiger partial charge in [-0.15, -0.1) is 0 Å². The smallest absolute Gasteiger partial charge is 0.119 e. The Morgan fingerprint density at radius 3 is 3.00 bits per heavy atom. The molecule has 0 aliphatic heterocycles. The van der Waals surface area contributed by atoms with Gasteiger partial charge in [-0.3, -0.25) is 4.68 Å². The van der Waals surface area contributed by atoms with Gasteiger partial charge in [-0.2, -0.15) is 5.10 Å². The van der Waals surface area contributed by atoms with Crippen LogP contribution in [0, 0.1) is 0 Å². The summed E-state index contributed by atoms with van der Waals surface area (Å²) in [6.45, 7) is 3.92. The van der Waals surface area contributed by atoms with Crippen molar-refractivity contribution in [3.05, 3.63) is 48.3 Å². The lowest BCUT2D eigenvalue weighted by molar-refractivity contribution is 0.413. The molecule has 0 aliphatic carbocycles. The van der Waals surface area contributed by atoms with Crippen LogP contribution in [0.3, 0.4) is 0 Å². The van der Waals surface area contributed by atoms with E-state index in [-0.39, 0.29) is 0 Å². The quantitative estimate of drug-likeness (QED) is 0.848. The van der Waals surface area contributed by atoms with Crippen LogP contribution in [0.25, 0.3) is 0 Å². The van der Waals surface area contributed by atoms with Crippen molar-refractivity contribution in [1.82, 2.24) is 15.1 Å². The molecule has 2 aromatic rings. The molecule has 1 aromatic heterocycles. The molecule has 4 nitrogen and oxygen atoms in total. The molecule has 0 fully saturated rings. The summed E-state index contributed by atoms with van der Waals surface area (Å²) in [5.74, 6) is 0.897. The van der Waals surface area contributed by atoms with Crippen LogP contribution in [-0.2, 0) is 6.54 Å². The predicted molar refractivity (Wildman–Crippen MR) is 71.6 cm³/mol. The van der Waals surface area contributed by atoms with Gasteiger partial charge in [0.1, 0.15) is 5.75 Å². The lowest BCUT2D eigenvalue weighted by atomic mass is 10.1. The van der Waals surface area contributed by atoms with E-state index in [4.69, 9.17) is 4.74 Å². The maximum absolute atomic E-state index is 5.23. The Kier molecular flexibility index (Phi) is 4.36. The number of methoxy groups -OCH3 is 1. The molecule has 0 saturated heterocycles. The molecule has 1 N–H and O–H groups in total. The highest BCUT2D eigenvalue weighted by Crippen LogP contribution is 2.18. The molecule has 1 atom stereocenters. The summed E-state index contributed by atoms with van der Waals surface area (Å²) in [5.41, 5.74) is 1.23. The second-order valence-corrected chi connectivity index (χ2v) is 4.22. The van der Waals surface area contributed by atoms with Crippen LogP contribution in [0.1, 0.15) is 18.5 Å². The van der Waals surface area contributed by atoms with Crippen LogP contribution < -0.4 is 10.1 Å². The Bertz CT molecular complexity index is 468. The van der Waals surface area contributed by atoms with Crippen molar-refractivity contribution < 1.29 is 4.74 Å². The first-order chi connectivity index (χ1) is 8.79. The SMILES string of the molecule is COc1cccc([C@H](C)NCCn2cccn2)c1. The zero-order valence-corrected chi connectivity index (χ0v) is 10.8. The van der Waals surface area contributed by atoms with E-state index < -0.39 is 0 Å². The van der Waals surface area contributed by atoms with Crippen molar-refractivity contribution in [2.75, 3.05) is 13.7 Å². The van der Waals surface area contributed by atoms with Crippen LogP contribution in [0.2, 0.25) is 0 Å². The van der Waals surface area contributed by atoms with E-state index in [0.29, 0.717) is 6.04 Å². The zero-order valence-electron chi connectivity index (χ0n) is 10.8. The average Bonchev–Trinajstić information content (AvgIpc) is 2.92. The largest absolute Gasteiger partial charge is 0.497 e. The molecule has 0 unspecified atom stereocenters. The molecule has 0 aliphatic rings. The number of benzene rings is 1. The fourth-order valence-corrected chi connectivity index (χ4v) is 1.86. The summed E-state index contributed by atoms with van der Waals surface area (Å²) in [7, 11) is 1.69. The van der Waals surface area contributed by atoms with Crippen molar-refractivity contribution in [1.29, 1.82) is 0 Å². The minimum absolute atomic E-state index is 0.302. The van der Waals surface area contributed by atoms with Gasteiger partial charge in [0, 0.05) is 25.0 Å².